The molecule has 0 amide bonds. The molecular formula is C15H23FN2. The van der Waals surface area contributed by atoms with E-state index < -0.39 is 0 Å². The summed E-state index contributed by atoms with van der Waals surface area (Å²) in [6.45, 7) is 4.96. The van der Waals surface area contributed by atoms with Gasteiger partial charge in [-0.3, -0.25) is 4.90 Å². The lowest BCUT2D eigenvalue weighted by molar-refractivity contribution is 0.189. The summed E-state index contributed by atoms with van der Waals surface area (Å²) in [6.07, 6.45) is 3.21. The van der Waals surface area contributed by atoms with E-state index in [2.05, 4.69) is 24.2 Å². The highest BCUT2D eigenvalue weighted by molar-refractivity contribution is 5.28. The summed E-state index contributed by atoms with van der Waals surface area (Å²) in [5, 5.41) is 3.37. The van der Waals surface area contributed by atoms with E-state index in [9.17, 15) is 4.39 Å². The van der Waals surface area contributed by atoms with E-state index in [0.717, 1.165) is 50.0 Å². The minimum absolute atomic E-state index is 0.0601. The van der Waals surface area contributed by atoms with Gasteiger partial charge < -0.3 is 5.32 Å². The van der Waals surface area contributed by atoms with E-state index in [1.165, 1.54) is 0 Å². The third-order valence-corrected chi connectivity index (χ3v) is 3.94. The zero-order valence-electron chi connectivity index (χ0n) is 11.4. The number of hydrogen-bond acceptors (Lipinski definition) is 2. The number of nitrogens with one attached hydrogen (secondary N) is 1. The average Bonchev–Trinajstić information content (AvgIpc) is 2.42. The predicted molar refractivity (Wildman–Crippen MR) is 73.1 cm³/mol. The number of nitrogens with zero attached hydrogens (tertiary/aromatic N) is 1. The van der Waals surface area contributed by atoms with E-state index in [0.29, 0.717) is 6.04 Å². The first kappa shape index (κ1) is 13.5. The molecule has 1 N–H and O–H groups in total. The molecule has 100 valence electrons. The van der Waals surface area contributed by atoms with Crippen LogP contribution in [0.15, 0.2) is 18.2 Å². The van der Waals surface area contributed by atoms with E-state index in [-0.39, 0.29) is 5.82 Å². The van der Waals surface area contributed by atoms with Gasteiger partial charge in [-0.1, -0.05) is 19.1 Å². The fourth-order valence-corrected chi connectivity index (χ4v) is 2.74. The standard InChI is InChI=1S/C15H23FN2/c1-3-12-5-4-6-15(16)14(12)11-18(2)13-7-9-17-10-8-13/h4-6,13,17H,3,7-11H2,1-2H3. The summed E-state index contributed by atoms with van der Waals surface area (Å²) in [7, 11) is 2.11. The molecule has 1 aromatic rings. The molecule has 1 heterocycles. The molecule has 0 aromatic heterocycles. The van der Waals surface area contributed by atoms with Crippen molar-refractivity contribution in [1.29, 1.82) is 0 Å². The summed E-state index contributed by atoms with van der Waals surface area (Å²) in [5.41, 5.74) is 2.01. The lowest BCUT2D eigenvalue weighted by Crippen LogP contribution is -2.41. The van der Waals surface area contributed by atoms with Crippen molar-refractivity contribution >= 4 is 0 Å². The molecule has 3 heteroatoms. The quantitative estimate of drug-likeness (QED) is 0.883. The van der Waals surface area contributed by atoms with E-state index in [1.807, 2.05) is 12.1 Å². The third kappa shape index (κ3) is 3.09. The summed E-state index contributed by atoms with van der Waals surface area (Å²) in [5.74, 6) is -0.0601. The zero-order chi connectivity index (χ0) is 13.0. The molecule has 0 saturated carbocycles. The molecule has 1 aliphatic heterocycles. The van der Waals surface area contributed by atoms with Gasteiger partial charge in [-0.25, -0.2) is 4.39 Å². The van der Waals surface area contributed by atoms with Crippen LogP contribution in [-0.2, 0) is 13.0 Å². The highest BCUT2D eigenvalue weighted by Crippen LogP contribution is 2.19. The maximum Gasteiger partial charge on any atom is 0.127 e. The first-order chi connectivity index (χ1) is 8.72. The van der Waals surface area contributed by atoms with Gasteiger partial charge in [0.2, 0.25) is 0 Å². The second-order valence-corrected chi connectivity index (χ2v) is 5.13. The second-order valence-electron chi connectivity index (χ2n) is 5.13. The predicted octanol–water partition coefficient (Wildman–Crippen LogP) is 2.57. The first-order valence-electron chi connectivity index (χ1n) is 6.89. The van der Waals surface area contributed by atoms with Crippen molar-refractivity contribution in [3.8, 4) is 0 Å². The maximum atomic E-state index is 13.9. The summed E-state index contributed by atoms with van der Waals surface area (Å²) < 4.78 is 13.9. The Morgan fingerprint density at radius 1 is 1.33 bits per heavy atom. The zero-order valence-corrected chi connectivity index (χ0v) is 11.4. The Labute approximate surface area is 109 Å². The molecular weight excluding hydrogens is 227 g/mol. The minimum atomic E-state index is -0.0601. The number of piperidine rings is 1. The molecule has 18 heavy (non-hydrogen) atoms. The number of aryl methyl sites for hydroxylation is 1. The van der Waals surface area contributed by atoms with E-state index in [1.54, 1.807) is 6.07 Å². The Kier molecular flexibility index (Phi) is 4.72. The molecule has 0 atom stereocenters. The van der Waals surface area contributed by atoms with E-state index in [4.69, 9.17) is 0 Å². The molecule has 1 aromatic carbocycles. The lowest BCUT2D eigenvalue weighted by atomic mass is 10.0. The summed E-state index contributed by atoms with van der Waals surface area (Å²) >= 11 is 0. The van der Waals surface area contributed by atoms with Crippen LogP contribution in [0.4, 0.5) is 4.39 Å². The molecule has 0 aliphatic carbocycles. The maximum absolute atomic E-state index is 13.9. The Balaban J connectivity index is 2.08. The lowest BCUT2D eigenvalue weighted by Gasteiger charge is -2.32. The van der Waals surface area contributed by atoms with Gasteiger partial charge in [0.05, 0.1) is 0 Å². The summed E-state index contributed by atoms with van der Waals surface area (Å²) in [4.78, 5) is 2.30. The highest BCUT2D eigenvalue weighted by Gasteiger charge is 2.19. The number of rotatable bonds is 4. The molecule has 0 spiro atoms. The van der Waals surface area contributed by atoms with Crippen LogP contribution in [0.3, 0.4) is 0 Å². The van der Waals surface area contributed by atoms with Gasteiger partial charge in [0.15, 0.2) is 0 Å². The van der Waals surface area contributed by atoms with Crippen molar-refractivity contribution in [3.63, 3.8) is 0 Å². The van der Waals surface area contributed by atoms with Crippen molar-refractivity contribution in [2.75, 3.05) is 20.1 Å². The van der Waals surface area contributed by atoms with Crippen molar-refractivity contribution in [1.82, 2.24) is 10.2 Å². The largest absolute Gasteiger partial charge is 0.317 e. The van der Waals surface area contributed by atoms with Gasteiger partial charge in [-0.05, 0) is 51.0 Å². The average molecular weight is 250 g/mol. The molecule has 2 rings (SSSR count). The molecule has 0 bridgehead atoms. The molecule has 1 saturated heterocycles. The van der Waals surface area contributed by atoms with Crippen molar-refractivity contribution in [2.24, 2.45) is 0 Å². The molecule has 0 radical (unpaired) electrons. The van der Waals surface area contributed by atoms with Crippen LogP contribution in [-0.4, -0.2) is 31.1 Å². The van der Waals surface area contributed by atoms with Crippen LogP contribution in [0.2, 0.25) is 0 Å². The molecule has 1 aliphatic rings. The van der Waals surface area contributed by atoms with Crippen molar-refractivity contribution in [3.05, 3.63) is 35.1 Å². The number of hydrogen-bond donors (Lipinski definition) is 1. The van der Waals surface area contributed by atoms with Gasteiger partial charge in [0.1, 0.15) is 5.82 Å². The first-order valence-corrected chi connectivity index (χ1v) is 6.89. The van der Waals surface area contributed by atoms with Crippen LogP contribution in [0.25, 0.3) is 0 Å². The molecule has 2 nitrogen and oxygen atoms in total. The normalized spacial score (nSPS) is 17.3. The van der Waals surface area contributed by atoms with Gasteiger partial charge in [0.25, 0.3) is 0 Å². The van der Waals surface area contributed by atoms with Crippen LogP contribution in [0.1, 0.15) is 30.9 Å². The van der Waals surface area contributed by atoms with Crippen molar-refractivity contribution in [2.45, 2.75) is 38.8 Å². The van der Waals surface area contributed by atoms with Gasteiger partial charge in [-0.15, -0.1) is 0 Å². The highest BCUT2D eigenvalue weighted by atomic mass is 19.1. The number of benzene rings is 1. The molecule has 1 fully saturated rings. The Morgan fingerprint density at radius 2 is 2.06 bits per heavy atom. The monoisotopic (exact) mass is 250 g/mol. The fourth-order valence-electron chi connectivity index (χ4n) is 2.74. The Bertz CT molecular complexity index is 386. The van der Waals surface area contributed by atoms with Crippen LogP contribution in [0, 0.1) is 5.82 Å². The van der Waals surface area contributed by atoms with Crippen LogP contribution < -0.4 is 5.32 Å². The fraction of sp³-hybridized carbons (Fsp3) is 0.600. The van der Waals surface area contributed by atoms with Gasteiger partial charge >= 0.3 is 0 Å². The Morgan fingerprint density at radius 3 is 2.72 bits per heavy atom. The topological polar surface area (TPSA) is 15.3 Å². The number of halogens is 1. The smallest absolute Gasteiger partial charge is 0.127 e. The SMILES string of the molecule is CCc1cccc(F)c1CN(C)C1CCNCC1. The van der Waals surface area contributed by atoms with Crippen molar-refractivity contribution < 1.29 is 4.39 Å². The molecule has 0 unspecified atom stereocenters. The van der Waals surface area contributed by atoms with E-state index >= 15 is 0 Å². The second kappa shape index (κ2) is 6.30. The Hall–Kier alpha value is -0.930. The van der Waals surface area contributed by atoms with Crippen LogP contribution in [0.5, 0.6) is 0 Å². The minimum Gasteiger partial charge on any atom is -0.317 e. The van der Waals surface area contributed by atoms with Gasteiger partial charge in [-0.2, -0.15) is 0 Å². The summed E-state index contributed by atoms with van der Waals surface area (Å²) in [6, 6.07) is 6.00. The van der Waals surface area contributed by atoms with Crippen LogP contribution >= 0.6 is 0 Å². The third-order valence-electron chi connectivity index (χ3n) is 3.94. The van der Waals surface area contributed by atoms with Gasteiger partial charge in [0, 0.05) is 18.2 Å².